The molecule has 1 nitrogen and oxygen atoms in total. The average Bonchev–Trinajstić information content (AvgIpc) is 3.81. The minimum Gasteiger partial charge on any atom is -0.309 e. The molecule has 0 unspecified atom stereocenters. The summed E-state index contributed by atoms with van der Waals surface area (Å²) in [6.07, 6.45) is 0. The molecule has 0 bridgehead atoms. The second-order valence-corrected chi connectivity index (χ2v) is 17.6. The Kier molecular flexibility index (Phi) is 7.18. The lowest BCUT2D eigenvalue weighted by atomic mass is 9.82. The van der Waals surface area contributed by atoms with E-state index < -0.39 is 0 Å². The second-order valence-electron chi connectivity index (χ2n) is 16.5. The monoisotopic (exact) mass is 735 g/mol. The Morgan fingerprint density at radius 2 is 0.929 bits per heavy atom. The maximum atomic E-state index is 2.59. The van der Waals surface area contributed by atoms with Crippen molar-refractivity contribution in [3.05, 3.63) is 198 Å². The maximum absolute atomic E-state index is 2.59. The van der Waals surface area contributed by atoms with Crippen LogP contribution in [0.25, 0.3) is 64.7 Å². The van der Waals surface area contributed by atoms with Gasteiger partial charge in [0, 0.05) is 47.9 Å². The molecule has 0 saturated heterocycles. The van der Waals surface area contributed by atoms with Crippen molar-refractivity contribution in [3.63, 3.8) is 0 Å². The first-order valence-electron chi connectivity index (χ1n) is 19.7. The van der Waals surface area contributed by atoms with Gasteiger partial charge in [0.1, 0.15) is 0 Å². The highest BCUT2D eigenvalue weighted by molar-refractivity contribution is 7.26. The van der Waals surface area contributed by atoms with Crippen molar-refractivity contribution in [3.8, 4) is 44.5 Å². The van der Waals surface area contributed by atoms with Gasteiger partial charge in [0.25, 0.3) is 0 Å². The zero-order chi connectivity index (χ0) is 37.8. The van der Waals surface area contributed by atoms with Crippen LogP contribution in [0.5, 0.6) is 0 Å². The molecule has 0 fully saturated rings. The van der Waals surface area contributed by atoms with Gasteiger partial charge in [-0.3, -0.25) is 0 Å². The second kappa shape index (κ2) is 12.1. The molecule has 0 aliphatic heterocycles. The quantitative estimate of drug-likeness (QED) is 0.170. The third-order valence-corrected chi connectivity index (χ3v) is 13.8. The van der Waals surface area contributed by atoms with Gasteiger partial charge in [-0.1, -0.05) is 167 Å². The van der Waals surface area contributed by atoms with E-state index in [1.807, 2.05) is 11.3 Å². The molecule has 0 radical (unpaired) electrons. The molecule has 9 aromatic rings. The predicted octanol–water partition coefficient (Wildman–Crippen LogP) is 15.5. The van der Waals surface area contributed by atoms with Crippen LogP contribution in [-0.4, -0.2) is 0 Å². The highest BCUT2D eigenvalue weighted by Gasteiger charge is 2.41. The molecule has 0 atom stereocenters. The first kappa shape index (κ1) is 33.1. The molecule has 1 heterocycles. The molecular formula is C54H41NS. The number of benzene rings is 8. The molecule has 0 saturated carbocycles. The first-order chi connectivity index (χ1) is 27.3. The van der Waals surface area contributed by atoms with Crippen LogP contribution >= 0.6 is 11.3 Å². The molecule has 0 N–H and O–H groups in total. The lowest BCUT2D eigenvalue weighted by Crippen LogP contribution is -2.18. The fourth-order valence-corrected chi connectivity index (χ4v) is 11.0. The van der Waals surface area contributed by atoms with E-state index >= 15 is 0 Å². The van der Waals surface area contributed by atoms with Gasteiger partial charge in [-0.2, -0.15) is 0 Å². The van der Waals surface area contributed by atoms with Crippen LogP contribution in [0.3, 0.4) is 0 Å². The summed E-state index contributed by atoms with van der Waals surface area (Å²) in [7, 11) is 0. The van der Waals surface area contributed by atoms with Gasteiger partial charge in [-0.05, 0) is 97.6 Å². The van der Waals surface area contributed by atoms with Crippen LogP contribution in [-0.2, 0) is 10.8 Å². The molecule has 11 rings (SSSR count). The van der Waals surface area contributed by atoms with Crippen molar-refractivity contribution >= 4 is 48.6 Å². The molecule has 0 spiro atoms. The summed E-state index contributed by atoms with van der Waals surface area (Å²) >= 11 is 1.92. The minimum atomic E-state index is -0.162. The number of hydrogen-bond acceptors (Lipinski definition) is 2. The Hall–Kier alpha value is -6.22. The highest BCUT2D eigenvalue weighted by atomic mass is 32.1. The summed E-state index contributed by atoms with van der Waals surface area (Å²) in [5.74, 6) is 0. The molecule has 2 aliphatic carbocycles. The summed E-state index contributed by atoms with van der Waals surface area (Å²) in [5, 5.41) is 2.61. The summed E-state index contributed by atoms with van der Waals surface area (Å²) < 4.78 is 2.63. The predicted molar refractivity (Wildman–Crippen MR) is 240 cm³/mol. The first-order valence-corrected chi connectivity index (χ1v) is 20.5. The topological polar surface area (TPSA) is 3.24 Å². The molecule has 8 aromatic carbocycles. The van der Waals surface area contributed by atoms with E-state index in [0.717, 1.165) is 5.69 Å². The van der Waals surface area contributed by atoms with Gasteiger partial charge in [0.2, 0.25) is 0 Å². The highest BCUT2D eigenvalue weighted by Crippen LogP contribution is 2.59. The molecule has 268 valence electrons. The summed E-state index contributed by atoms with van der Waals surface area (Å²) in [5.41, 5.74) is 19.1. The van der Waals surface area contributed by atoms with Crippen LogP contribution in [0.4, 0.5) is 17.1 Å². The van der Waals surface area contributed by atoms with Crippen molar-refractivity contribution in [2.45, 2.75) is 38.5 Å². The Balaban J connectivity index is 1.23. The fraction of sp³-hybridized carbons (Fsp3) is 0.111. The van der Waals surface area contributed by atoms with E-state index in [2.05, 4.69) is 209 Å². The lowest BCUT2D eigenvalue weighted by Gasteiger charge is -2.31. The van der Waals surface area contributed by atoms with Gasteiger partial charge in [0.05, 0.1) is 5.69 Å². The number of fused-ring (bicyclic) bond motifs is 9. The van der Waals surface area contributed by atoms with Crippen LogP contribution in [0.15, 0.2) is 176 Å². The van der Waals surface area contributed by atoms with Gasteiger partial charge in [-0.15, -0.1) is 11.3 Å². The van der Waals surface area contributed by atoms with Crippen molar-refractivity contribution in [1.82, 2.24) is 0 Å². The van der Waals surface area contributed by atoms with Crippen molar-refractivity contribution in [2.24, 2.45) is 0 Å². The normalized spacial score (nSPS) is 14.4. The van der Waals surface area contributed by atoms with E-state index in [1.165, 1.54) is 98.3 Å². The van der Waals surface area contributed by atoms with Gasteiger partial charge < -0.3 is 4.90 Å². The number of nitrogens with zero attached hydrogens (tertiary/aromatic N) is 1. The number of thiophene rings is 1. The van der Waals surface area contributed by atoms with E-state index in [1.54, 1.807) is 0 Å². The molecule has 56 heavy (non-hydrogen) atoms. The van der Waals surface area contributed by atoms with Gasteiger partial charge in [-0.25, -0.2) is 0 Å². The average molecular weight is 736 g/mol. The Morgan fingerprint density at radius 1 is 0.393 bits per heavy atom. The van der Waals surface area contributed by atoms with E-state index in [9.17, 15) is 0 Å². The van der Waals surface area contributed by atoms with Crippen molar-refractivity contribution < 1.29 is 0 Å². The Labute approximate surface area is 333 Å². The van der Waals surface area contributed by atoms with Crippen LogP contribution < -0.4 is 4.90 Å². The molecular weight excluding hydrogens is 695 g/mol. The standard InChI is InChI=1S/C54H41NS/c1-53(2)44-21-13-11-19-40(44)41-30-28-39(32-46(41)53)55(38-26-23-36(24-27-38)34-15-7-5-8-16-34)52-50-42-20-12-14-22-45(42)54(3,4)47(50)33-49-51(52)43-29-25-37(31-48(43)56-49)35-17-9-6-10-18-35/h5-33H,1-4H3. The van der Waals surface area contributed by atoms with Crippen LogP contribution in [0, 0.1) is 0 Å². The number of anilines is 3. The number of hydrogen-bond donors (Lipinski definition) is 0. The zero-order valence-electron chi connectivity index (χ0n) is 32.1. The smallest absolute Gasteiger partial charge is 0.0636 e. The summed E-state index contributed by atoms with van der Waals surface area (Å²) in [4.78, 5) is 2.59. The van der Waals surface area contributed by atoms with Crippen molar-refractivity contribution in [1.29, 1.82) is 0 Å². The largest absolute Gasteiger partial charge is 0.309 e. The third kappa shape index (κ3) is 4.79. The molecule has 0 amide bonds. The summed E-state index contributed by atoms with van der Waals surface area (Å²) in [6.45, 7) is 9.58. The lowest BCUT2D eigenvalue weighted by molar-refractivity contribution is 0.660. The zero-order valence-corrected chi connectivity index (χ0v) is 32.9. The van der Waals surface area contributed by atoms with Gasteiger partial charge >= 0.3 is 0 Å². The SMILES string of the molecule is CC1(C)c2ccccc2-c2ccc(N(c3ccc(-c4ccccc4)cc3)c3c4c(cc5sc6cc(-c7ccccc7)ccc6c35)C(C)(C)c3ccccc3-4)cc21. The minimum absolute atomic E-state index is 0.129. The van der Waals surface area contributed by atoms with Crippen molar-refractivity contribution in [2.75, 3.05) is 4.90 Å². The fourth-order valence-electron chi connectivity index (χ4n) is 9.78. The Bertz CT molecular complexity index is 3000. The van der Waals surface area contributed by atoms with E-state index in [0.29, 0.717) is 0 Å². The van der Waals surface area contributed by atoms with Crippen LogP contribution in [0.1, 0.15) is 49.9 Å². The third-order valence-electron chi connectivity index (χ3n) is 12.7. The number of rotatable bonds is 5. The molecule has 2 aliphatic rings. The molecule has 2 heteroatoms. The van der Waals surface area contributed by atoms with E-state index in [4.69, 9.17) is 0 Å². The Morgan fingerprint density at radius 3 is 1.64 bits per heavy atom. The summed E-state index contributed by atoms with van der Waals surface area (Å²) in [6, 6.07) is 65.6. The van der Waals surface area contributed by atoms with Gasteiger partial charge in [0.15, 0.2) is 0 Å². The van der Waals surface area contributed by atoms with Crippen LogP contribution in [0.2, 0.25) is 0 Å². The van der Waals surface area contributed by atoms with E-state index in [-0.39, 0.29) is 10.8 Å². The molecule has 1 aromatic heterocycles. The maximum Gasteiger partial charge on any atom is 0.0636 e.